The molecule has 1 fully saturated rings. The van der Waals surface area contributed by atoms with Gasteiger partial charge >= 0.3 is 0 Å². The Labute approximate surface area is 116 Å². The maximum atomic E-state index is 12.3. The highest BCUT2D eigenvalue weighted by molar-refractivity contribution is 6.18. The van der Waals surface area contributed by atoms with Crippen molar-refractivity contribution in [3.8, 4) is 0 Å². The quantitative estimate of drug-likeness (QED) is 0.474. The first-order valence-corrected chi connectivity index (χ1v) is 6.70. The Morgan fingerprint density at radius 1 is 1.53 bits per heavy atom. The number of hydrogen-bond donors (Lipinski definition) is 0. The molecule has 0 bridgehead atoms. The van der Waals surface area contributed by atoms with Crippen molar-refractivity contribution in [2.75, 3.05) is 12.4 Å². The van der Waals surface area contributed by atoms with E-state index in [0.717, 1.165) is 12.8 Å². The lowest BCUT2D eigenvalue weighted by atomic mass is 10.1. The van der Waals surface area contributed by atoms with Crippen LogP contribution in [0.4, 0.5) is 5.69 Å². The highest BCUT2D eigenvalue weighted by atomic mass is 35.5. The number of amides is 1. The third kappa shape index (κ3) is 3.04. The van der Waals surface area contributed by atoms with Crippen molar-refractivity contribution in [1.29, 1.82) is 0 Å². The van der Waals surface area contributed by atoms with Crippen molar-refractivity contribution in [2.45, 2.75) is 25.8 Å². The summed E-state index contributed by atoms with van der Waals surface area (Å²) in [5, 5.41) is 10.8. The zero-order chi connectivity index (χ0) is 14.0. The molecule has 102 valence electrons. The summed E-state index contributed by atoms with van der Waals surface area (Å²) in [7, 11) is 0. The van der Waals surface area contributed by atoms with E-state index in [1.807, 2.05) is 0 Å². The van der Waals surface area contributed by atoms with Gasteiger partial charge in [-0.3, -0.25) is 14.9 Å². The van der Waals surface area contributed by atoms with Gasteiger partial charge in [-0.05, 0) is 31.9 Å². The van der Waals surface area contributed by atoms with Gasteiger partial charge in [0.1, 0.15) is 0 Å². The lowest BCUT2D eigenvalue weighted by Crippen LogP contribution is -2.34. The first-order valence-electron chi connectivity index (χ1n) is 6.16. The minimum absolute atomic E-state index is 0.0341. The summed E-state index contributed by atoms with van der Waals surface area (Å²) in [5.74, 6) is 0.301. The van der Waals surface area contributed by atoms with E-state index in [-0.39, 0.29) is 17.6 Å². The maximum Gasteiger partial charge on any atom is 0.272 e. The molecule has 0 spiro atoms. The van der Waals surface area contributed by atoms with Gasteiger partial charge in [0.25, 0.3) is 11.6 Å². The number of rotatable bonds is 5. The molecule has 0 aromatic heterocycles. The molecule has 0 saturated heterocycles. The van der Waals surface area contributed by atoms with Gasteiger partial charge in [-0.2, -0.15) is 0 Å². The third-order valence-electron chi connectivity index (χ3n) is 3.21. The molecule has 2 rings (SSSR count). The van der Waals surface area contributed by atoms with Gasteiger partial charge < -0.3 is 4.90 Å². The van der Waals surface area contributed by atoms with E-state index in [1.54, 1.807) is 17.9 Å². The van der Waals surface area contributed by atoms with E-state index in [0.29, 0.717) is 23.6 Å². The number of nitrogens with zero attached hydrogens (tertiary/aromatic N) is 2. The topological polar surface area (TPSA) is 63.5 Å². The molecular weight excluding hydrogens is 268 g/mol. The second-order valence-electron chi connectivity index (χ2n) is 4.68. The summed E-state index contributed by atoms with van der Waals surface area (Å²) >= 11 is 5.71. The number of carbonyl (C=O) groups is 1. The summed E-state index contributed by atoms with van der Waals surface area (Å²) in [4.78, 5) is 24.4. The van der Waals surface area contributed by atoms with Crippen LogP contribution in [0, 0.1) is 17.0 Å². The van der Waals surface area contributed by atoms with Crippen molar-refractivity contribution in [3.05, 3.63) is 39.4 Å². The second kappa shape index (κ2) is 5.57. The number of nitro groups is 1. The van der Waals surface area contributed by atoms with Crippen molar-refractivity contribution in [2.24, 2.45) is 0 Å². The van der Waals surface area contributed by atoms with E-state index in [4.69, 9.17) is 11.6 Å². The molecule has 0 aliphatic heterocycles. The molecule has 19 heavy (non-hydrogen) atoms. The molecule has 1 aliphatic carbocycles. The van der Waals surface area contributed by atoms with Crippen molar-refractivity contribution in [3.63, 3.8) is 0 Å². The van der Waals surface area contributed by atoms with Crippen LogP contribution >= 0.6 is 11.6 Å². The highest BCUT2D eigenvalue weighted by Crippen LogP contribution is 2.29. The summed E-state index contributed by atoms with van der Waals surface area (Å²) in [5.41, 5.74) is 1.02. The van der Waals surface area contributed by atoms with Crippen LogP contribution < -0.4 is 0 Å². The van der Waals surface area contributed by atoms with E-state index >= 15 is 0 Å². The summed E-state index contributed by atoms with van der Waals surface area (Å²) in [6.45, 7) is 2.15. The first-order chi connectivity index (χ1) is 9.04. The SMILES string of the molecule is Cc1cc(C(=O)N(CCCl)C2CC2)ccc1[N+](=O)[O-]. The van der Waals surface area contributed by atoms with Crippen LogP contribution in [0.5, 0.6) is 0 Å². The predicted molar refractivity (Wildman–Crippen MR) is 72.6 cm³/mol. The molecule has 1 saturated carbocycles. The Morgan fingerprint density at radius 3 is 2.68 bits per heavy atom. The third-order valence-corrected chi connectivity index (χ3v) is 3.38. The van der Waals surface area contributed by atoms with Crippen molar-refractivity contribution in [1.82, 2.24) is 4.90 Å². The van der Waals surface area contributed by atoms with Gasteiger partial charge in [0, 0.05) is 35.7 Å². The van der Waals surface area contributed by atoms with Crippen LogP contribution in [0.1, 0.15) is 28.8 Å². The number of benzene rings is 1. The monoisotopic (exact) mass is 282 g/mol. The second-order valence-corrected chi connectivity index (χ2v) is 5.06. The Morgan fingerprint density at radius 2 is 2.21 bits per heavy atom. The van der Waals surface area contributed by atoms with E-state index in [9.17, 15) is 14.9 Å². The van der Waals surface area contributed by atoms with Crippen molar-refractivity contribution >= 4 is 23.2 Å². The van der Waals surface area contributed by atoms with E-state index in [2.05, 4.69) is 0 Å². The molecule has 0 unspecified atom stereocenters. The Bertz CT molecular complexity index is 515. The molecule has 0 heterocycles. The van der Waals surface area contributed by atoms with E-state index < -0.39 is 4.92 Å². The number of hydrogen-bond acceptors (Lipinski definition) is 3. The largest absolute Gasteiger partial charge is 0.334 e. The fourth-order valence-corrected chi connectivity index (χ4v) is 2.27. The molecule has 0 N–H and O–H groups in total. The van der Waals surface area contributed by atoms with Gasteiger partial charge in [-0.1, -0.05) is 0 Å². The fraction of sp³-hybridized carbons (Fsp3) is 0.462. The Kier molecular flexibility index (Phi) is 4.04. The normalized spacial score (nSPS) is 14.2. The van der Waals surface area contributed by atoms with Crippen LogP contribution in [-0.4, -0.2) is 34.2 Å². The lowest BCUT2D eigenvalue weighted by Gasteiger charge is -2.21. The van der Waals surface area contributed by atoms with Crippen LogP contribution in [0.15, 0.2) is 18.2 Å². The minimum atomic E-state index is -0.443. The highest BCUT2D eigenvalue weighted by Gasteiger charge is 2.32. The van der Waals surface area contributed by atoms with Crippen LogP contribution in [0.3, 0.4) is 0 Å². The van der Waals surface area contributed by atoms with Gasteiger partial charge in [0.05, 0.1) is 4.92 Å². The zero-order valence-electron chi connectivity index (χ0n) is 10.6. The molecule has 1 amide bonds. The van der Waals surface area contributed by atoms with Crippen molar-refractivity contribution < 1.29 is 9.72 Å². The molecular formula is C13H15ClN2O3. The summed E-state index contributed by atoms with van der Waals surface area (Å²) < 4.78 is 0. The van der Waals surface area contributed by atoms with Gasteiger partial charge in [-0.25, -0.2) is 0 Å². The Hall–Kier alpha value is -1.62. The van der Waals surface area contributed by atoms with Gasteiger partial charge in [0.15, 0.2) is 0 Å². The standard InChI is InChI=1S/C13H15ClN2O3/c1-9-8-10(2-5-12(9)16(18)19)13(17)15(7-6-14)11-3-4-11/h2,5,8,11H,3-4,6-7H2,1H3. The zero-order valence-corrected chi connectivity index (χ0v) is 11.4. The van der Waals surface area contributed by atoms with Crippen LogP contribution in [0.2, 0.25) is 0 Å². The average molecular weight is 283 g/mol. The fourth-order valence-electron chi connectivity index (χ4n) is 2.09. The molecule has 0 atom stereocenters. The van der Waals surface area contributed by atoms with Crippen LogP contribution in [-0.2, 0) is 0 Å². The number of nitro benzene ring substituents is 1. The average Bonchev–Trinajstić information content (AvgIpc) is 3.18. The van der Waals surface area contributed by atoms with Gasteiger partial charge in [-0.15, -0.1) is 11.6 Å². The smallest absolute Gasteiger partial charge is 0.272 e. The molecule has 1 aromatic carbocycles. The Balaban J connectivity index is 2.23. The minimum Gasteiger partial charge on any atom is -0.334 e. The molecule has 6 heteroatoms. The molecule has 1 aromatic rings. The van der Waals surface area contributed by atoms with E-state index in [1.165, 1.54) is 12.1 Å². The predicted octanol–water partition coefficient (Wildman–Crippen LogP) is 2.75. The summed E-state index contributed by atoms with van der Waals surface area (Å²) in [6.07, 6.45) is 2.02. The first kappa shape index (κ1) is 13.8. The molecule has 0 radical (unpaired) electrons. The number of aryl methyl sites for hydroxylation is 1. The molecule has 5 nitrogen and oxygen atoms in total. The van der Waals surface area contributed by atoms with Gasteiger partial charge in [0.2, 0.25) is 0 Å². The number of halogens is 1. The van der Waals surface area contributed by atoms with Crippen LogP contribution in [0.25, 0.3) is 0 Å². The molecule has 1 aliphatic rings. The number of alkyl halides is 1. The lowest BCUT2D eigenvalue weighted by molar-refractivity contribution is -0.385. The maximum absolute atomic E-state index is 12.3. The number of carbonyl (C=O) groups excluding carboxylic acids is 1. The summed E-state index contributed by atoms with van der Waals surface area (Å²) in [6, 6.07) is 4.75.